The summed E-state index contributed by atoms with van der Waals surface area (Å²) in [6, 6.07) is 54.0. The number of hydrogen-bond donors (Lipinski definition) is 0. The smallest absolute Gasteiger partial charge is 0.227 e. The van der Waals surface area contributed by atoms with Gasteiger partial charge in [-0.25, -0.2) is 24.9 Å². The van der Waals surface area contributed by atoms with Crippen molar-refractivity contribution in [1.82, 2.24) is 24.9 Å². The maximum Gasteiger partial charge on any atom is 0.227 e. The molecule has 0 saturated carbocycles. The average molecular weight is 710 g/mol. The number of rotatable bonds is 6. The Balaban J connectivity index is 1.01. The van der Waals surface area contributed by atoms with Gasteiger partial charge in [0.1, 0.15) is 22.2 Å². The molecule has 11 aromatic rings. The van der Waals surface area contributed by atoms with Gasteiger partial charge in [0.2, 0.25) is 11.8 Å². The number of benzene rings is 7. The Labute approximate surface area is 313 Å². The lowest BCUT2D eigenvalue weighted by atomic mass is 10.00. The molecule has 0 aliphatic heterocycles. The van der Waals surface area contributed by atoms with Crippen LogP contribution >= 0.6 is 0 Å². The average Bonchev–Trinajstić information content (AvgIpc) is 3.99. The van der Waals surface area contributed by atoms with Gasteiger partial charge >= 0.3 is 0 Å². The van der Waals surface area contributed by atoms with Crippen molar-refractivity contribution in [2.45, 2.75) is 0 Å². The molecule has 0 radical (unpaired) electrons. The van der Waals surface area contributed by atoms with E-state index in [1.807, 2.05) is 127 Å². The van der Waals surface area contributed by atoms with E-state index in [0.717, 1.165) is 83.1 Å². The number of hydrogen-bond acceptors (Lipinski definition) is 8. The fraction of sp³-hybridized carbons (Fsp3) is 0. The molecule has 55 heavy (non-hydrogen) atoms. The van der Waals surface area contributed by atoms with E-state index in [-0.39, 0.29) is 0 Å². The first kappa shape index (κ1) is 30.9. The molecule has 0 atom stereocenters. The van der Waals surface area contributed by atoms with Crippen LogP contribution in [-0.2, 0) is 0 Å². The van der Waals surface area contributed by atoms with Crippen molar-refractivity contribution < 1.29 is 13.3 Å². The van der Waals surface area contributed by atoms with Crippen LogP contribution in [0.4, 0.5) is 0 Å². The molecular formula is C47H27N5O3. The Morgan fingerprint density at radius 2 is 0.782 bits per heavy atom. The van der Waals surface area contributed by atoms with Gasteiger partial charge in [-0.15, -0.1) is 0 Å². The monoisotopic (exact) mass is 709 g/mol. The van der Waals surface area contributed by atoms with E-state index < -0.39 is 0 Å². The topological polar surface area (TPSA) is 104 Å². The van der Waals surface area contributed by atoms with Crippen LogP contribution < -0.4 is 0 Å². The van der Waals surface area contributed by atoms with Crippen molar-refractivity contribution in [1.29, 1.82) is 0 Å². The van der Waals surface area contributed by atoms with Crippen LogP contribution in [0.2, 0.25) is 0 Å². The van der Waals surface area contributed by atoms with Crippen LogP contribution in [-0.4, -0.2) is 24.9 Å². The number of nitrogens with zero attached hydrogens (tertiary/aromatic N) is 5. The first-order valence-electron chi connectivity index (χ1n) is 17.9. The minimum absolute atomic E-state index is 0.539. The molecule has 0 amide bonds. The summed E-state index contributed by atoms with van der Waals surface area (Å²) in [5.74, 6) is 2.73. The Morgan fingerprint density at radius 1 is 0.309 bits per heavy atom. The molecule has 0 aliphatic carbocycles. The lowest BCUT2D eigenvalue weighted by Crippen LogP contribution is -2.00. The minimum Gasteiger partial charge on any atom is -0.455 e. The van der Waals surface area contributed by atoms with Crippen LogP contribution in [0, 0.1) is 0 Å². The minimum atomic E-state index is 0.539. The second-order valence-corrected chi connectivity index (χ2v) is 13.3. The van der Waals surface area contributed by atoms with Gasteiger partial charge in [-0.2, -0.15) is 0 Å². The van der Waals surface area contributed by atoms with E-state index in [1.165, 1.54) is 0 Å². The summed E-state index contributed by atoms with van der Waals surface area (Å²) >= 11 is 0. The molecule has 258 valence electrons. The summed E-state index contributed by atoms with van der Waals surface area (Å²) in [6.07, 6.45) is 0. The van der Waals surface area contributed by atoms with Gasteiger partial charge in [-0.05, 0) is 66.2 Å². The molecule has 0 aliphatic rings. The van der Waals surface area contributed by atoms with Crippen LogP contribution in [0.5, 0.6) is 0 Å². The highest BCUT2D eigenvalue weighted by Crippen LogP contribution is 2.37. The largest absolute Gasteiger partial charge is 0.455 e. The highest BCUT2D eigenvalue weighted by Gasteiger charge is 2.17. The zero-order chi connectivity index (χ0) is 36.3. The van der Waals surface area contributed by atoms with Crippen molar-refractivity contribution in [3.8, 4) is 68.2 Å². The molecule has 0 spiro atoms. The number of furan rings is 1. The highest BCUT2D eigenvalue weighted by molar-refractivity contribution is 6.09. The molecule has 0 unspecified atom stereocenters. The molecule has 4 heterocycles. The summed E-state index contributed by atoms with van der Waals surface area (Å²) < 4.78 is 18.5. The number of fused-ring (bicyclic) bond motifs is 5. The molecule has 7 aromatic carbocycles. The quantitative estimate of drug-likeness (QED) is 0.168. The van der Waals surface area contributed by atoms with Crippen LogP contribution in [0.1, 0.15) is 0 Å². The highest BCUT2D eigenvalue weighted by atomic mass is 16.4. The zero-order valence-electron chi connectivity index (χ0n) is 29.0. The number of para-hydroxylation sites is 6. The first-order valence-corrected chi connectivity index (χ1v) is 17.9. The normalized spacial score (nSPS) is 11.6. The van der Waals surface area contributed by atoms with Gasteiger partial charge in [0.15, 0.2) is 28.6 Å². The van der Waals surface area contributed by atoms with E-state index in [1.54, 1.807) is 0 Å². The summed E-state index contributed by atoms with van der Waals surface area (Å²) in [4.78, 5) is 24.4. The Morgan fingerprint density at radius 3 is 1.38 bits per heavy atom. The third kappa shape index (κ3) is 5.43. The third-order valence-electron chi connectivity index (χ3n) is 9.84. The van der Waals surface area contributed by atoms with Crippen molar-refractivity contribution >= 4 is 44.1 Å². The van der Waals surface area contributed by atoms with Crippen LogP contribution in [0.25, 0.3) is 112 Å². The van der Waals surface area contributed by atoms with Gasteiger partial charge in [0.05, 0.1) is 0 Å². The lowest BCUT2D eigenvalue weighted by molar-refractivity contribution is 0.619. The molecule has 0 bridgehead atoms. The molecule has 8 heteroatoms. The molecule has 0 fully saturated rings. The van der Waals surface area contributed by atoms with E-state index >= 15 is 0 Å². The van der Waals surface area contributed by atoms with E-state index in [2.05, 4.69) is 46.4 Å². The zero-order valence-corrected chi connectivity index (χ0v) is 29.0. The first-order chi connectivity index (χ1) is 27.2. The molecule has 8 nitrogen and oxygen atoms in total. The van der Waals surface area contributed by atoms with Crippen molar-refractivity contribution in [3.05, 3.63) is 164 Å². The fourth-order valence-electron chi connectivity index (χ4n) is 7.08. The van der Waals surface area contributed by atoms with Gasteiger partial charge in [-0.3, -0.25) is 0 Å². The molecular weight excluding hydrogens is 683 g/mol. The van der Waals surface area contributed by atoms with Gasteiger partial charge in [-0.1, -0.05) is 103 Å². The van der Waals surface area contributed by atoms with Crippen LogP contribution in [0.3, 0.4) is 0 Å². The lowest BCUT2D eigenvalue weighted by Gasteiger charge is -2.10. The Bertz CT molecular complexity index is 3010. The maximum absolute atomic E-state index is 6.39. The predicted octanol–water partition coefficient (Wildman–Crippen LogP) is 12.1. The Hall–Kier alpha value is -7.71. The van der Waals surface area contributed by atoms with Crippen molar-refractivity contribution in [3.63, 3.8) is 0 Å². The maximum atomic E-state index is 6.39. The summed E-state index contributed by atoms with van der Waals surface area (Å²) in [5, 5.41) is 2.16. The SMILES string of the molecule is c1cc(-c2nc(-c3ccc(-c4nc5ccccc5o4)cc3)nc(-c3ccc(-c4nc5ccccc5o4)cc3)n2)cc(-c2cccc3c2oc2ccccc23)c1. The van der Waals surface area contributed by atoms with Gasteiger partial charge < -0.3 is 13.3 Å². The second-order valence-electron chi connectivity index (χ2n) is 13.3. The standard InChI is InChI=1S/C47H27N5O3/c1-4-16-39-35(11-1)36-13-8-12-34(42(36)53-39)32-9-7-10-33(27-32)45-51-43(28-19-23-30(24-20-28)46-48-37-14-2-5-17-40(37)54-46)50-44(52-45)29-21-25-31(26-22-29)47-49-38-15-3-6-18-41(38)55-47/h1-27H. The van der Waals surface area contributed by atoms with E-state index in [0.29, 0.717) is 29.3 Å². The van der Waals surface area contributed by atoms with E-state index in [4.69, 9.17) is 28.2 Å². The molecule has 4 aromatic heterocycles. The van der Waals surface area contributed by atoms with Crippen molar-refractivity contribution in [2.24, 2.45) is 0 Å². The summed E-state index contributed by atoms with van der Waals surface area (Å²) in [7, 11) is 0. The summed E-state index contributed by atoms with van der Waals surface area (Å²) in [5.41, 5.74) is 11.0. The third-order valence-corrected chi connectivity index (χ3v) is 9.84. The number of oxazole rings is 2. The predicted molar refractivity (Wildman–Crippen MR) is 215 cm³/mol. The molecule has 0 saturated heterocycles. The second kappa shape index (κ2) is 12.5. The number of aromatic nitrogens is 5. The van der Waals surface area contributed by atoms with Crippen LogP contribution in [0.15, 0.2) is 177 Å². The molecule has 11 rings (SSSR count). The van der Waals surface area contributed by atoms with Crippen molar-refractivity contribution in [2.75, 3.05) is 0 Å². The summed E-state index contributed by atoms with van der Waals surface area (Å²) in [6.45, 7) is 0. The van der Waals surface area contributed by atoms with Gasteiger partial charge in [0.25, 0.3) is 0 Å². The molecule has 0 N–H and O–H groups in total. The van der Waals surface area contributed by atoms with Gasteiger partial charge in [0, 0.05) is 44.2 Å². The Kier molecular flexibility index (Phi) is 6.99. The van der Waals surface area contributed by atoms with E-state index in [9.17, 15) is 0 Å². The fourth-order valence-corrected chi connectivity index (χ4v) is 7.08.